The second-order valence-electron chi connectivity index (χ2n) is 3.86. The monoisotopic (exact) mass is 302 g/mol. The molecule has 1 aromatic carbocycles. The van der Waals surface area contributed by atoms with Crippen molar-refractivity contribution in [2.24, 2.45) is 5.10 Å². The summed E-state index contributed by atoms with van der Waals surface area (Å²) in [6.45, 7) is 0. The summed E-state index contributed by atoms with van der Waals surface area (Å²) in [6, 6.07) is 7.91. The maximum absolute atomic E-state index is 5.52. The molecule has 3 rings (SSSR count). The third-order valence-electron chi connectivity index (χ3n) is 2.46. The van der Waals surface area contributed by atoms with Crippen molar-refractivity contribution in [3.8, 4) is 11.3 Å². The molecule has 3 N–H and O–H groups in total. The van der Waals surface area contributed by atoms with Crippen LogP contribution in [0.15, 0.2) is 40.1 Å². The molecule has 0 amide bonds. The third kappa shape index (κ3) is 2.98. The van der Waals surface area contributed by atoms with Crippen LogP contribution in [0.3, 0.4) is 0 Å². The predicted octanol–water partition coefficient (Wildman–Crippen LogP) is 2.69. The Kier molecular flexibility index (Phi) is 3.66. The van der Waals surface area contributed by atoms with E-state index in [4.69, 9.17) is 5.73 Å². The van der Waals surface area contributed by atoms with Crippen molar-refractivity contribution in [2.75, 3.05) is 11.2 Å². The summed E-state index contributed by atoms with van der Waals surface area (Å²) < 4.78 is 3.85. The molecule has 2 heterocycles. The van der Waals surface area contributed by atoms with Crippen LogP contribution in [-0.2, 0) is 0 Å². The van der Waals surface area contributed by atoms with Crippen molar-refractivity contribution in [3.05, 3.63) is 40.6 Å². The zero-order valence-corrected chi connectivity index (χ0v) is 11.9. The molecule has 20 heavy (non-hydrogen) atoms. The van der Waals surface area contributed by atoms with Crippen LogP contribution in [0.4, 0.5) is 10.9 Å². The van der Waals surface area contributed by atoms with Gasteiger partial charge in [-0.3, -0.25) is 5.43 Å². The lowest BCUT2D eigenvalue weighted by molar-refractivity contribution is 1.16. The largest absolute Gasteiger partial charge is 0.383 e. The maximum Gasteiger partial charge on any atom is 0.205 e. The van der Waals surface area contributed by atoms with E-state index in [2.05, 4.69) is 25.1 Å². The first kappa shape index (κ1) is 12.7. The number of nitrogens with zero attached hydrogens (tertiary/aromatic N) is 4. The molecule has 0 unspecified atom stereocenters. The zero-order chi connectivity index (χ0) is 13.8. The van der Waals surface area contributed by atoms with E-state index in [1.54, 1.807) is 11.6 Å². The fourth-order valence-corrected chi connectivity index (χ4v) is 2.54. The van der Waals surface area contributed by atoms with Crippen LogP contribution in [-0.4, -0.2) is 20.8 Å². The summed E-state index contributed by atoms with van der Waals surface area (Å²) >= 11 is 2.75. The summed E-state index contributed by atoms with van der Waals surface area (Å²) in [5.41, 5.74) is 11.3. The molecular weight excluding hydrogens is 292 g/mol. The van der Waals surface area contributed by atoms with Gasteiger partial charge >= 0.3 is 0 Å². The maximum atomic E-state index is 5.52. The van der Waals surface area contributed by atoms with Crippen molar-refractivity contribution < 1.29 is 0 Å². The molecule has 0 saturated carbocycles. The van der Waals surface area contributed by atoms with Gasteiger partial charge in [0, 0.05) is 16.3 Å². The normalized spacial score (nSPS) is 11.0. The molecular formula is C12H10N6S2. The smallest absolute Gasteiger partial charge is 0.205 e. The summed E-state index contributed by atoms with van der Waals surface area (Å²) in [5.74, 6) is 0.494. The van der Waals surface area contributed by atoms with Crippen LogP contribution >= 0.6 is 22.9 Å². The first-order chi connectivity index (χ1) is 9.81. The molecule has 0 aliphatic heterocycles. The number of nitrogen functional groups attached to an aromatic ring is 1. The molecule has 3 aromatic rings. The predicted molar refractivity (Wildman–Crippen MR) is 83.1 cm³/mol. The minimum absolute atomic E-state index is 0.494. The van der Waals surface area contributed by atoms with E-state index in [0.717, 1.165) is 16.8 Å². The second kappa shape index (κ2) is 5.76. The summed E-state index contributed by atoms with van der Waals surface area (Å²) in [4.78, 5) is 4.05. The lowest BCUT2D eigenvalue weighted by atomic mass is 10.1. The molecule has 0 fully saturated rings. The molecule has 0 saturated heterocycles. The third-order valence-corrected chi connectivity index (χ3v) is 3.73. The van der Waals surface area contributed by atoms with Gasteiger partial charge in [-0.2, -0.15) is 5.10 Å². The molecule has 0 bridgehead atoms. The summed E-state index contributed by atoms with van der Waals surface area (Å²) in [6.07, 6.45) is 1.72. The fraction of sp³-hybridized carbons (Fsp3) is 0. The van der Waals surface area contributed by atoms with Crippen molar-refractivity contribution in [3.63, 3.8) is 0 Å². The lowest BCUT2D eigenvalue weighted by Gasteiger charge is -1.97. The Balaban J connectivity index is 1.66. The number of nitrogens with one attached hydrogen (secondary N) is 1. The molecule has 100 valence electrons. The van der Waals surface area contributed by atoms with Gasteiger partial charge in [0.25, 0.3) is 0 Å². The average molecular weight is 302 g/mol. The van der Waals surface area contributed by atoms with Gasteiger partial charge in [0.05, 0.1) is 6.21 Å². The number of thiazole rings is 1. The van der Waals surface area contributed by atoms with Crippen LogP contribution in [0.25, 0.3) is 11.3 Å². The molecule has 0 radical (unpaired) electrons. The van der Waals surface area contributed by atoms with Gasteiger partial charge < -0.3 is 5.73 Å². The van der Waals surface area contributed by atoms with Gasteiger partial charge in [0.2, 0.25) is 5.13 Å². The topological polar surface area (TPSA) is 89.1 Å². The van der Waals surface area contributed by atoms with E-state index in [1.807, 2.05) is 29.6 Å². The van der Waals surface area contributed by atoms with Crippen LogP contribution < -0.4 is 11.2 Å². The molecule has 0 atom stereocenters. The number of hydrazone groups is 1. The average Bonchev–Trinajstić information content (AvgIpc) is 3.11. The number of nitrogens with two attached hydrogens (primary N) is 1. The van der Waals surface area contributed by atoms with E-state index in [0.29, 0.717) is 10.9 Å². The Labute approximate surface area is 123 Å². The van der Waals surface area contributed by atoms with Gasteiger partial charge in [0.1, 0.15) is 11.5 Å². The minimum atomic E-state index is 0.494. The van der Waals surface area contributed by atoms with Crippen molar-refractivity contribution >= 4 is 40.0 Å². The number of aromatic nitrogens is 3. The quantitative estimate of drug-likeness (QED) is 0.571. The van der Waals surface area contributed by atoms with Crippen LogP contribution in [0, 0.1) is 0 Å². The fourth-order valence-electron chi connectivity index (χ4n) is 1.53. The van der Waals surface area contributed by atoms with E-state index in [9.17, 15) is 0 Å². The highest BCUT2D eigenvalue weighted by molar-refractivity contribution is 7.14. The first-order valence-electron chi connectivity index (χ1n) is 5.69. The van der Waals surface area contributed by atoms with Gasteiger partial charge in [-0.05, 0) is 17.1 Å². The van der Waals surface area contributed by atoms with Crippen LogP contribution in [0.1, 0.15) is 5.56 Å². The second-order valence-corrected chi connectivity index (χ2v) is 5.33. The summed E-state index contributed by atoms with van der Waals surface area (Å²) in [5, 5.41) is 12.5. The molecule has 0 spiro atoms. The first-order valence-corrected chi connectivity index (χ1v) is 7.40. The molecule has 0 aliphatic carbocycles. The van der Waals surface area contributed by atoms with Gasteiger partial charge in [-0.1, -0.05) is 28.8 Å². The number of benzene rings is 1. The molecule has 2 aromatic heterocycles. The van der Waals surface area contributed by atoms with E-state index in [-0.39, 0.29) is 0 Å². The Bertz CT molecular complexity index is 702. The van der Waals surface area contributed by atoms with Crippen LogP contribution in [0.2, 0.25) is 0 Å². The van der Waals surface area contributed by atoms with E-state index < -0.39 is 0 Å². The number of hydrogen-bond donors (Lipinski definition) is 2. The SMILES string of the molecule is Nc1csc(NN=Cc2ccc(-c3csnn3)cc2)n1. The highest BCUT2D eigenvalue weighted by Crippen LogP contribution is 2.18. The highest BCUT2D eigenvalue weighted by Gasteiger charge is 2.00. The van der Waals surface area contributed by atoms with Gasteiger partial charge in [-0.25, -0.2) is 4.98 Å². The lowest BCUT2D eigenvalue weighted by Crippen LogP contribution is -1.91. The Hall–Kier alpha value is -2.32. The van der Waals surface area contributed by atoms with Gasteiger partial charge in [0.15, 0.2) is 0 Å². The Morgan fingerprint density at radius 1 is 1.20 bits per heavy atom. The zero-order valence-electron chi connectivity index (χ0n) is 10.2. The van der Waals surface area contributed by atoms with Gasteiger partial charge in [-0.15, -0.1) is 16.4 Å². The molecule has 8 heteroatoms. The number of hydrogen-bond acceptors (Lipinski definition) is 8. The highest BCUT2D eigenvalue weighted by atomic mass is 32.1. The van der Waals surface area contributed by atoms with Crippen molar-refractivity contribution in [2.45, 2.75) is 0 Å². The van der Waals surface area contributed by atoms with E-state index >= 15 is 0 Å². The Morgan fingerprint density at radius 3 is 2.70 bits per heavy atom. The Morgan fingerprint density at radius 2 is 2.05 bits per heavy atom. The molecule has 6 nitrogen and oxygen atoms in total. The number of anilines is 2. The number of rotatable bonds is 4. The van der Waals surface area contributed by atoms with Crippen LogP contribution in [0.5, 0.6) is 0 Å². The minimum Gasteiger partial charge on any atom is -0.383 e. The summed E-state index contributed by atoms with van der Waals surface area (Å²) in [7, 11) is 0. The van der Waals surface area contributed by atoms with Crippen molar-refractivity contribution in [1.29, 1.82) is 0 Å². The van der Waals surface area contributed by atoms with Crippen molar-refractivity contribution in [1.82, 2.24) is 14.6 Å². The van der Waals surface area contributed by atoms with E-state index in [1.165, 1.54) is 22.9 Å². The molecule has 0 aliphatic rings. The standard InChI is InChI=1S/C12H10N6S2/c13-11-7-19-12(15-11)17-14-5-8-1-3-9(4-2-8)10-6-20-18-16-10/h1-7H,13H2,(H,15,17).